The van der Waals surface area contributed by atoms with Crippen LogP contribution in [0.3, 0.4) is 0 Å². The van der Waals surface area contributed by atoms with E-state index in [1.54, 1.807) is 0 Å². The lowest BCUT2D eigenvalue weighted by Gasteiger charge is -2.32. The Balaban J connectivity index is 0.00000420. The molecule has 6 nitrogen and oxygen atoms in total. The van der Waals surface area contributed by atoms with Gasteiger partial charge >= 0.3 is 0 Å². The first-order chi connectivity index (χ1) is 13.3. The second-order valence-corrected chi connectivity index (χ2v) is 8.08. The zero-order valence-electron chi connectivity index (χ0n) is 18.7. The Labute approximate surface area is 182 Å². The number of piperazine rings is 1. The molecule has 1 atom stereocenters. The van der Waals surface area contributed by atoms with Gasteiger partial charge in [-0.15, -0.1) is 12.4 Å². The minimum Gasteiger partial charge on any atom is -0.490 e. The Bertz CT molecular complexity index is 632. The summed E-state index contributed by atoms with van der Waals surface area (Å²) in [4.78, 5) is 16.9. The Morgan fingerprint density at radius 2 is 1.90 bits per heavy atom. The second kappa shape index (κ2) is 12.3. The summed E-state index contributed by atoms with van der Waals surface area (Å²) in [6.45, 7) is 16.8. The highest BCUT2D eigenvalue weighted by molar-refractivity contribution is 5.85. The van der Waals surface area contributed by atoms with Crippen LogP contribution in [0.5, 0.6) is 11.5 Å². The summed E-state index contributed by atoms with van der Waals surface area (Å²) in [5.74, 6) is 1.32. The van der Waals surface area contributed by atoms with Crippen molar-refractivity contribution in [2.75, 3.05) is 32.8 Å². The summed E-state index contributed by atoms with van der Waals surface area (Å²) in [5, 5.41) is 3.47. The lowest BCUT2D eigenvalue weighted by Crippen LogP contribution is -2.48. The average Bonchev–Trinajstić information content (AvgIpc) is 2.60. The van der Waals surface area contributed by atoms with Crippen molar-refractivity contribution in [1.82, 2.24) is 15.1 Å². The smallest absolute Gasteiger partial charge is 0.260 e. The number of rotatable bonds is 9. The Hall–Kier alpha value is -1.50. The van der Waals surface area contributed by atoms with E-state index in [0.29, 0.717) is 24.1 Å². The third-order valence-electron chi connectivity index (χ3n) is 4.92. The lowest BCUT2D eigenvalue weighted by molar-refractivity contribution is -0.137. The standard InChI is InChI=1S/C22H37N3O3.ClH/c1-7-27-21-12-19(14-24-11-10-23-18(6)13-24)8-9-20(21)28-15-22(26)25(16(2)3)17(4)5;/h8-9,12,16-18,23H,7,10-11,13-15H2,1-6H3;1H. The fraction of sp³-hybridized carbons (Fsp3) is 0.682. The molecule has 29 heavy (non-hydrogen) atoms. The van der Waals surface area contributed by atoms with Crippen LogP contribution in [0, 0.1) is 0 Å². The van der Waals surface area contributed by atoms with Gasteiger partial charge in [-0.05, 0) is 59.2 Å². The molecule has 0 saturated carbocycles. The normalized spacial score (nSPS) is 17.2. The molecule has 1 saturated heterocycles. The van der Waals surface area contributed by atoms with Crippen molar-refractivity contribution in [1.29, 1.82) is 0 Å². The van der Waals surface area contributed by atoms with Gasteiger partial charge in [-0.25, -0.2) is 0 Å². The molecule has 166 valence electrons. The fourth-order valence-corrected chi connectivity index (χ4v) is 3.84. The second-order valence-electron chi connectivity index (χ2n) is 8.08. The molecule has 0 radical (unpaired) electrons. The van der Waals surface area contributed by atoms with Crippen LogP contribution in [-0.2, 0) is 11.3 Å². The molecular weight excluding hydrogens is 390 g/mol. The number of halogens is 1. The molecule has 0 bridgehead atoms. The molecule has 1 unspecified atom stereocenters. The number of carbonyl (C=O) groups is 1. The summed E-state index contributed by atoms with van der Waals surface area (Å²) < 4.78 is 11.6. The number of benzene rings is 1. The van der Waals surface area contributed by atoms with Crippen molar-refractivity contribution in [3.8, 4) is 11.5 Å². The van der Waals surface area contributed by atoms with Gasteiger partial charge in [-0.3, -0.25) is 9.69 Å². The van der Waals surface area contributed by atoms with Gasteiger partial charge in [0, 0.05) is 44.3 Å². The minimum absolute atomic E-state index is 0. The first kappa shape index (κ1) is 25.5. The largest absolute Gasteiger partial charge is 0.490 e. The van der Waals surface area contributed by atoms with Gasteiger partial charge in [0.05, 0.1) is 6.61 Å². The molecule has 0 aliphatic carbocycles. The summed E-state index contributed by atoms with van der Waals surface area (Å²) >= 11 is 0. The monoisotopic (exact) mass is 427 g/mol. The van der Waals surface area contributed by atoms with Gasteiger partial charge in [0.25, 0.3) is 5.91 Å². The van der Waals surface area contributed by atoms with Gasteiger partial charge in [0.1, 0.15) is 0 Å². The van der Waals surface area contributed by atoms with Crippen molar-refractivity contribution in [3.05, 3.63) is 23.8 Å². The summed E-state index contributed by atoms with van der Waals surface area (Å²) in [6, 6.07) is 6.83. The van der Waals surface area contributed by atoms with Gasteiger partial charge in [-0.2, -0.15) is 0 Å². The lowest BCUT2D eigenvalue weighted by atomic mass is 10.1. The molecule has 0 spiro atoms. The van der Waals surface area contributed by atoms with E-state index in [1.807, 2.05) is 51.7 Å². The van der Waals surface area contributed by atoms with Crippen LogP contribution in [0.25, 0.3) is 0 Å². The van der Waals surface area contributed by atoms with E-state index < -0.39 is 0 Å². The molecule has 1 aliphatic rings. The molecule has 7 heteroatoms. The first-order valence-electron chi connectivity index (χ1n) is 10.5. The molecule has 1 fully saturated rings. The summed E-state index contributed by atoms with van der Waals surface area (Å²) in [6.07, 6.45) is 0. The van der Waals surface area contributed by atoms with E-state index in [4.69, 9.17) is 9.47 Å². The first-order valence-corrected chi connectivity index (χ1v) is 10.5. The van der Waals surface area contributed by atoms with Crippen molar-refractivity contribution >= 4 is 18.3 Å². The minimum atomic E-state index is -0.00803. The van der Waals surface area contributed by atoms with E-state index in [9.17, 15) is 4.79 Å². The van der Waals surface area contributed by atoms with Crippen LogP contribution in [0.1, 0.15) is 47.1 Å². The highest BCUT2D eigenvalue weighted by atomic mass is 35.5. The van der Waals surface area contributed by atoms with Crippen LogP contribution in [0.2, 0.25) is 0 Å². The van der Waals surface area contributed by atoms with Crippen LogP contribution < -0.4 is 14.8 Å². The maximum atomic E-state index is 12.6. The quantitative estimate of drug-likeness (QED) is 0.655. The Kier molecular flexibility index (Phi) is 10.8. The van der Waals surface area contributed by atoms with E-state index in [0.717, 1.165) is 26.2 Å². The molecule has 1 amide bonds. The van der Waals surface area contributed by atoms with E-state index in [-0.39, 0.29) is 37.0 Å². The fourth-order valence-electron chi connectivity index (χ4n) is 3.84. The van der Waals surface area contributed by atoms with E-state index >= 15 is 0 Å². The number of nitrogens with one attached hydrogen (secondary N) is 1. The van der Waals surface area contributed by atoms with Crippen LogP contribution >= 0.6 is 12.4 Å². The van der Waals surface area contributed by atoms with E-state index in [1.165, 1.54) is 5.56 Å². The number of hydrogen-bond acceptors (Lipinski definition) is 5. The predicted octanol–water partition coefficient (Wildman–Crippen LogP) is 3.33. The Morgan fingerprint density at radius 1 is 1.21 bits per heavy atom. The predicted molar refractivity (Wildman–Crippen MR) is 120 cm³/mol. The third kappa shape index (κ3) is 7.68. The van der Waals surface area contributed by atoms with Gasteiger partial charge in [-0.1, -0.05) is 6.07 Å². The van der Waals surface area contributed by atoms with Gasteiger partial charge in [0.15, 0.2) is 18.1 Å². The highest BCUT2D eigenvalue weighted by Gasteiger charge is 2.21. The van der Waals surface area contributed by atoms with Crippen molar-refractivity contribution < 1.29 is 14.3 Å². The average molecular weight is 428 g/mol. The van der Waals surface area contributed by atoms with Gasteiger partial charge < -0.3 is 19.7 Å². The van der Waals surface area contributed by atoms with Crippen LogP contribution in [0.15, 0.2) is 18.2 Å². The summed E-state index contributed by atoms with van der Waals surface area (Å²) in [5.41, 5.74) is 1.20. The molecule has 1 aromatic carbocycles. The number of amides is 1. The van der Waals surface area contributed by atoms with Crippen LogP contribution in [0.4, 0.5) is 0 Å². The maximum Gasteiger partial charge on any atom is 0.260 e. The number of nitrogens with zero attached hydrogens (tertiary/aromatic N) is 2. The Morgan fingerprint density at radius 3 is 2.48 bits per heavy atom. The number of carbonyl (C=O) groups excluding carboxylic acids is 1. The van der Waals surface area contributed by atoms with Gasteiger partial charge in [0.2, 0.25) is 0 Å². The maximum absolute atomic E-state index is 12.6. The summed E-state index contributed by atoms with van der Waals surface area (Å²) in [7, 11) is 0. The molecule has 1 heterocycles. The third-order valence-corrected chi connectivity index (χ3v) is 4.92. The van der Waals surface area contributed by atoms with Crippen molar-refractivity contribution in [3.63, 3.8) is 0 Å². The molecule has 2 rings (SSSR count). The highest BCUT2D eigenvalue weighted by Crippen LogP contribution is 2.29. The van der Waals surface area contributed by atoms with Crippen molar-refractivity contribution in [2.24, 2.45) is 0 Å². The van der Waals surface area contributed by atoms with Crippen LogP contribution in [-0.4, -0.2) is 66.7 Å². The van der Waals surface area contributed by atoms with E-state index in [2.05, 4.69) is 23.2 Å². The number of ether oxygens (including phenoxy) is 2. The van der Waals surface area contributed by atoms with Crippen molar-refractivity contribution in [2.45, 2.75) is 66.2 Å². The molecule has 1 aromatic rings. The zero-order chi connectivity index (χ0) is 20.7. The molecule has 0 aromatic heterocycles. The molecule has 1 N–H and O–H groups in total. The molecule has 1 aliphatic heterocycles. The SMILES string of the molecule is CCOc1cc(CN2CCNC(C)C2)ccc1OCC(=O)N(C(C)C)C(C)C.Cl. The zero-order valence-corrected chi connectivity index (χ0v) is 19.6. The number of hydrogen-bond donors (Lipinski definition) is 1. The topological polar surface area (TPSA) is 54.0 Å². The molecular formula is C22H38ClN3O3.